The summed E-state index contributed by atoms with van der Waals surface area (Å²) in [6, 6.07) is 14.4. The van der Waals surface area contributed by atoms with Gasteiger partial charge in [0, 0.05) is 19.8 Å². The lowest BCUT2D eigenvalue weighted by molar-refractivity contribution is 0.414. The topological polar surface area (TPSA) is 50.5 Å². The van der Waals surface area contributed by atoms with E-state index in [1.807, 2.05) is 26.2 Å². The molecule has 0 bridgehead atoms. The quantitative estimate of drug-likeness (QED) is 0.655. The van der Waals surface area contributed by atoms with Gasteiger partial charge in [0.1, 0.15) is 5.75 Å². The highest BCUT2D eigenvalue weighted by Crippen LogP contribution is 2.28. The van der Waals surface area contributed by atoms with Crippen LogP contribution in [0.15, 0.2) is 42.5 Å². The third-order valence-corrected chi connectivity index (χ3v) is 3.70. The Kier molecular flexibility index (Phi) is 4.83. The Morgan fingerprint density at radius 3 is 2.24 bits per heavy atom. The number of nitrogens with one attached hydrogen (secondary N) is 1. The Hall–Kier alpha value is -2.04. The van der Waals surface area contributed by atoms with Crippen LogP contribution in [0.1, 0.15) is 22.7 Å². The van der Waals surface area contributed by atoms with Crippen molar-refractivity contribution in [3.8, 4) is 5.75 Å². The summed E-state index contributed by atoms with van der Waals surface area (Å²) in [4.78, 5) is 2.08. The van der Waals surface area contributed by atoms with E-state index in [4.69, 9.17) is 10.6 Å². The number of benzene rings is 2. The number of nitrogens with zero attached hydrogens (tertiary/aromatic N) is 1. The number of anilines is 1. The second-order valence-electron chi connectivity index (χ2n) is 5.31. The van der Waals surface area contributed by atoms with Crippen LogP contribution in [0, 0.1) is 6.92 Å². The van der Waals surface area contributed by atoms with Crippen molar-refractivity contribution in [1.82, 2.24) is 5.43 Å². The summed E-state index contributed by atoms with van der Waals surface area (Å²) in [5.74, 6) is 6.64. The minimum absolute atomic E-state index is 0.0351. The zero-order chi connectivity index (χ0) is 15.4. The molecule has 0 fully saturated rings. The average molecular weight is 285 g/mol. The highest BCUT2D eigenvalue weighted by molar-refractivity contribution is 5.48. The van der Waals surface area contributed by atoms with E-state index in [-0.39, 0.29) is 6.04 Å². The summed E-state index contributed by atoms with van der Waals surface area (Å²) in [5, 5.41) is 0. The smallest absolute Gasteiger partial charge is 0.119 e. The molecule has 0 heterocycles. The molecule has 1 unspecified atom stereocenters. The lowest BCUT2D eigenvalue weighted by Crippen LogP contribution is -2.29. The van der Waals surface area contributed by atoms with Crippen LogP contribution in [-0.2, 0) is 0 Å². The van der Waals surface area contributed by atoms with Gasteiger partial charge < -0.3 is 9.64 Å². The van der Waals surface area contributed by atoms with Gasteiger partial charge >= 0.3 is 0 Å². The first-order chi connectivity index (χ1) is 10.1. The molecule has 4 nitrogen and oxygen atoms in total. The molecule has 0 aliphatic rings. The Labute approximate surface area is 126 Å². The summed E-state index contributed by atoms with van der Waals surface area (Å²) >= 11 is 0. The van der Waals surface area contributed by atoms with E-state index >= 15 is 0 Å². The predicted molar refractivity (Wildman–Crippen MR) is 87.7 cm³/mol. The van der Waals surface area contributed by atoms with Crippen LogP contribution in [0.3, 0.4) is 0 Å². The van der Waals surface area contributed by atoms with Crippen LogP contribution >= 0.6 is 0 Å². The minimum Gasteiger partial charge on any atom is -0.497 e. The molecule has 112 valence electrons. The van der Waals surface area contributed by atoms with Gasteiger partial charge in [-0.2, -0.15) is 0 Å². The number of aryl methyl sites for hydroxylation is 1. The summed E-state index contributed by atoms with van der Waals surface area (Å²) in [6.07, 6.45) is 0. The van der Waals surface area contributed by atoms with Gasteiger partial charge in [0.05, 0.1) is 13.2 Å². The van der Waals surface area contributed by atoms with Crippen LogP contribution in [0.4, 0.5) is 5.69 Å². The third-order valence-electron chi connectivity index (χ3n) is 3.70. The van der Waals surface area contributed by atoms with Gasteiger partial charge in [-0.05, 0) is 47.9 Å². The maximum atomic E-state index is 5.78. The fraction of sp³-hybridized carbons (Fsp3) is 0.294. The zero-order valence-corrected chi connectivity index (χ0v) is 13.1. The first-order valence-corrected chi connectivity index (χ1v) is 6.94. The molecule has 0 aliphatic carbocycles. The molecule has 0 aromatic heterocycles. The normalized spacial score (nSPS) is 12.0. The molecule has 21 heavy (non-hydrogen) atoms. The zero-order valence-electron chi connectivity index (χ0n) is 13.1. The molecule has 0 aliphatic heterocycles. The van der Waals surface area contributed by atoms with Crippen molar-refractivity contribution in [2.24, 2.45) is 5.84 Å². The molecule has 0 spiro atoms. The van der Waals surface area contributed by atoms with Crippen molar-refractivity contribution in [1.29, 1.82) is 0 Å². The van der Waals surface area contributed by atoms with Crippen molar-refractivity contribution in [2.75, 3.05) is 26.1 Å². The van der Waals surface area contributed by atoms with Crippen LogP contribution < -0.4 is 20.9 Å². The SMILES string of the molecule is COc1ccc(C(NN)c2ccc(N(C)C)cc2)c(C)c1. The van der Waals surface area contributed by atoms with E-state index in [9.17, 15) is 0 Å². The van der Waals surface area contributed by atoms with Gasteiger partial charge in [0.25, 0.3) is 0 Å². The second kappa shape index (κ2) is 6.61. The Bertz CT molecular complexity index is 593. The first kappa shape index (κ1) is 15.4. The second-order valence-corrected chi connectivity index (χ2v) is 5.31. The fourth-order valence-corrected chi connectivity index (χ4v) is 2.43. The van der Waals surface area contributed by atoms with E-state index in [1.54, 1.807) is 7.11 Å². The maximum Gasteiger partial charge on any atom is 0.119 e. The van der Waals surface area contributed by atoms with Crippen molar-refractivity contribution in [2.45, 2.75) is 13.0 Å². The van der Waals surface area contributed by atoms with Gasteiger partial charge in [0.15, 0.2) is 0 Å². The molecule has 2 rings (SSSR count). The molecule has 4 heteroatoms. The van der Waals surface area contributed by atoms with Crippen LogP contribution in [-0.4, -0.2) is 21.2 Å². The number of hydrogen-bond acceptors (Lipinski definition) is 4. The molecule has 3 N–H and O–H groups in total. The minimum atomic E-state index is -0.0351. The molecule has 2 aromatic carbocycles. The first-order valence-electron chi connectivity index (χ1n) is 6.94. The van der Waals surface area contributed by atoms with Crippen LogP contribution in [0.5, 0.6) is 5.75 Å². The van der Waals surface area contributed by atoms with E-state index < -0.39 is 0 Å². The molecule has 2 aromatic rings. The lowest BCUT2D eigenvalue weighted by atomic mass is 9.95. The number of hydrogen-bond donors (Lipinski definition) is 2. The lowest BCUT2D eigenvalue weighted by Gasteiger charge is -2.21. The molecular formula is C17H23N3O. The van der Waals surface area contributed by atoms with E-state index in [0.29, 0.717) is 0 Å². The monoisotopic (exact) mass is 285 g/mol. The highest BCUT2D eigenvalue weighted by Gasteiger charge is 2.15. The van der Waals surface area contributed by atoms with Crippen molar-refractivity contribution >= 4 is 5.69 Å². The highest BCUT2D eigenvalue weighted by atomic mass is 16.5. The number of nitrogens with two attached hydrogens (primary N) is 1. The van der Waals surface area contributed by atoms with Gasteiger partial charge in [-0.1, -0.05) is 18.2 Å². The van der Waals surface area contributed by atoms with Gasteiger partial charge in [-0.25, -0.2) is 5.43 Å². The number of methoxy groups -OCH3 is 1. The number of rotatable bonds is 5. The molecule has 0 saturated carbocycles. The van der Waals surface area contributed by atoms with Crippen molar-refractivity contribution < 1.29 is 4.74 Å². The van der Waals surface area contributed by atoms with Crippen LogP contribution in [0.2, 0.25) is 0 Å². The van der Waals surface area contributed by atoms with E-state index in [2.05, 4.69) is 47.6 Å². The van der Waals surface area contributed by atoms with Crippen LogP contribution in [0.25, 0.3) is 0 Å². The van der Waals surface area contributed by atoms with Gasteiger partial charge in [-0.3, -0.25) is 5.84 Å². The molecular weight excluding hydrogens is 262 g/mol. The summed E-state index contributed by atoms with van der Waals surface area (Å²) in [6.45, 7) is 2.07. The molecule has 0 saturated heterocycles. The third kappa shape index (κ3) is 3.35. The van der Waals surface area contributed by atoms with E-state index in [0.717, 1.165) is 22.4 Å². The summed E-state index contributed by atoms with van der Waals surface area (Å²) in [5.41, 5.74) is 7.51. The Morgan fingerprint density at radius 2 is 1.76 bits per heavy atom. The summed E-state index contributed by atoms with van der Waals surface area (Å²) < 4.78 is 5.25. The fourth-order valence-electron chi connectivity index (χ4n) is 2.43. The van der Waals surface area contributed by atoms with E-state index in [1.165, 1.54) is 5.69 Å². The Balaban J connectivity index is 2.35. The molecule has 0 amide bonds. The van der Waals surface area contributed by atoms with Gasteiger partial charge in [0.2, 0.25) is 0 Å². The number of ether oxygens (including phenoxy) is 1. The maximum absolute atomic E-state index is 5.78. The Morgan fingerprint density at radius 1 is 1.10 bits per heavy atom. The van der Waals surface area contributed by atoms with Crippen molar-refractivity contribution in [3.63, 3.8) is 0 Å². The standard InChI is InChI=1S/C17H23N3O/c1-12-11-15(21-4)9-10-16(12)17(19-18)13-5-7-14(8-6-13)20(2)3/h5-11,17,19H,18H2,1-4H3. The van der Waals surface area contributed by atoms with Crippen molar-refractivity contribution in [3.05, 3.63) is 59.2 Å². The molecule has 0 radical (unpaired) electrons. The van der Waals surface area contributed by atoms with Gasteiger partial charge in [-0.15, -0.1) is 0 Å². The molecule has 1 atom stereocenters. The predicted octanol–water partition coefficient (Wildman–Crippen LogP) is 2.62. The average Bonchev–Trinajstić information content (AvgIpc) is 2.50. The largest absolute Gasteiger partial charge is 0.497 e. The summed E-state index contributed by atoms with van der Waals surface area (Å²) in [7, 11) is 5.73. The number of hydrazine groups is 1.